The van der Waals surface area contributed by atoms with E-state index in [0.717, 1.165) is 111 Å². The van der Waals surface area contributed by atoms with E-state index in [1.165, 1.54) is 44.5 Å². The van der Waals surface area contributed by atoms with Crippen molar-refractivity contribution >= 4 is 66.4 Å². The lowest BCUT2D eigenvalue weighted by Gasteiger charge is -2.30. The van der Waals surface area contributed by atoms with Gasteiger partial charge in [0.25, 0.3) is 0 Å². The highest BCUT2D eigenvalue weighted by atomic mass is 19.1. The topological polar surface area (TPSA) is 6.48 Å². The molecule has 12 aromatic carbocycles. The second kappa shape index (κ2) is 19.6. The molecule has 12 rings (SSSR count). The third kappa shape index (κ3) is 9.36. The lowest BCUT2D eigenvalue weighted by atomic mass is 9.91. The number of rotatable bonds is 10. The predicted molar refractivity (Wildman–Crippen MR) is 329 cm³/mol. The highest BCUT2D eigenvalue weighted by molar-refractivity contribution is 6.28. The minimum atomic E-state index is -0.313. The first-order valence-corrected chi connectivity index (χ1v) is 27.0. The van der Waals surface area contributed by atoms with Crippen LogP contribution in [0.4, 0.5) is 42.9 Å². The van der Waals surface area contributed by atoms with Gasteiger partial charge in [-0.2, -0.15) is 0 Å². The number of nitrogens with zero attached hydrogens (tertiary/aromatic N) is 2. The van der Waals surface area contributed by atoms with Crippen LogP contribution in [0.25, 0.3) is 76.8 Å². The summed E-state index contributed by atoms with van der Waals surface area (Å²) >= 11 is 0. The van der Waals surface area contributed by atoms with Gasteiger partial charge in [0.15, 0.2) is 0 Å². The number of hydrogen-bond donors (Lipinski definition) is 0. The molecule has 0 aliphatic rings. The average Bonchev–Trinajstić information content (AvgIpc) is 3.60. The third-order valence-electron chi connectivity index (χ3n) is 15.4. The Balaban J connectivity index is 1.13. The smallest absolute Gasteiger partial charge is 0.147 e. The number of benzene rings is 12. The van der Waals surface area contributed by atoms with Crippen molar-refractivity contribution in [2.24, 2.45) is 0 Å². The summed E-state index contributed by atoms with van der Waals surface area (Å²) in [7, 11) is 0. The minimum Gasteiger partial charge on any atom is -0.307 e. The zero-order valence-electron chi connectivity index (χ0n) is 46.1. The Hall–Kier alpha value is -8.86. The summed E-state index contributed by atoms with van der Waals surface area (Å²) in [5, 5.41) is 6.13. The van der Waals surface area contributed by atoms with Gasteiger partial charge in [-0.15, -0.1) is 0 Å². The number of hydrogen-bond acceptors (Lipinski definition) is 2. The molecule has 0 saturated heterocycles. The van der Waals surface area contributed by atoms with Gasteiger partial charge >= 0.3 is 0 Å². The highest BCUT2D eigenvalue weighted by Gasteiger charge is 2.26. The molecular formula is C74H62F2N2. The molecule has 0 heterocycles. The van der Waals surface area contributed by atoms with Gasteiger partial charge in [0.1, 0.15) is 11.6 Å². The van der Waals surface area contributed by atoms with E-state index in [9.17, 15) is 0 Å². The molecule has 0 aromatic heterocycles. The molecule has 2 nitrogen and oxygen atoms in total. The summed E-state index contributed by atoms with van der Waals surface area (Å²) in [6.07, 6.45) is 0. The van der Waals surface area contributed by atoms with Crippen LogP contribution in [-0.4, -0.2) is 0 Å². The van der Waals surface area contributed by atoms with Crippen LogP contribution in [0.1, 0.15) is 55.6 Å². The molecule has 12 aromatic rings. The molecule has 0 amide bonds. The van der Waals surface area contributed by atoms with E-state index in [4.69, 9.17) is 0 Å². The Kier molecular flexibility index (Phi) is 12.6. The van der Waals surface area contributed by atoms with E-state index in [-0.39, 0.29) is 11.6 Å². The fourth-order valence-electron chi connectivity index (χ4n) is 12.3. The monoisotopic (exact) mass is 1020 g/mol. The first kappa shape index (κ1) is 50.0. The van der Waals surface area contributed by atoms with E-state index >= 15 is 8.78 Å². The number of aryl methyl sites for hydroxylation is 10. The van der Waals surface area contributed by atoms with Crippen molar-refractivity contribution in [3.05, 3.63) is 261 Å². The summed E-state index contributed by atoms with van der Waals surface area (Å²) in [4.78, 5) is 4.22. The third-order valence-corrected chi connectivity index (χ3v) is 15.4. The predicted octanol–water partition coefficient (Wildman–Crippen LogP) is 21.6. The summed E-state index contributed by atoms with van der Waals surface area (Å²) in [5.74, 6) is -0.626. The normalized spacial score (nSPS) is 11.6. The van der Waals surface area contributed by atoms with E-state index in [1.807, 2.05) is 38.1 Å². The van der Waals surface area contributed by atoms with Crippen molar-refractivity contribution in [2.75, 3.05) is 9.80 Å². The van der Waals surface area contributed by atoms with Crippen LogP contribution in [0.3, 0.4) is 0 Å². The van der Waals surface area contributed by atoms with Crippen molar-refractivity contribution in [3.63, 3.8) is 0 Å². The van der Waals surface area contributed by atoms with E-state index < -0.39 is 0 Å². The summed E-state index contributed by atoms with van der Waals surface area (Å²) < 4.78 is 34.2. The molecule has 4 heteroatoms. The molecule has 0 saturated carbocycles. The van der Waals surface area contributed by atoms with Gasteiger partial charge in [0, 0.05) is 22.1 Å². The van der Waals surface area contributed by atoms with Crippen molar-refractivity contribution in [2.45, 2.75) is 69.2 Å². The molecular weight excluding hydrogens is 955 g/mol. The molecule has 0 aliphatic carbocycles. The molecule has 0 aliphatic heterocycles. The zero-order chi connectivity index (χ0) is 54.3. The second-order valence-electron chi connectivity index (χ2n) is 22.2. The van der Waals surface area contributed by atoms with Gasteiger partial charge in [0.05, 0.1) is 22.7 Å². The lowest BCUT2D eigenvalue weighted by molar-refractivity contribution is 0.627. The molecule has 0 bridgehead atoms. The van der Waals surface area contributed by atoms with Crippen molar-refractivity contribution < 1.29 is 8.78 Å². The van der Waals surface area contributed by atoms with Crippen LogP contribution in [-0.2, 0) is 0 Å². The largest absolute Gasteiger partial charge is 0.307 e. The van der Waals surface area contributed by atoms with Crippen molar-refractivity contribution in [1.29, 1.82) is 0 Å². The van der Waals surface area contributed by atoms with Crippen molar-refractivity contribution in [1.82, 2.24) is 0 Å². The first-order chi connectivity index (χ1) is 37.5. The number of halogens is 2. The van der Waals surface area contributed by atoms with E-state index in [0.29, 0.717) is 11.4 Å². The van der Waals surface area contributed by atoms with E-state index in [2.05, 4.69) is 223 Å². The Bertz CT molecular complexity index is 3870. The molecule has 0 radical (unpaired) electrons. The van der Waals surface area contributed by atoms with Gasteiger partial charge < -0.3 is 9.80 Å². The quantitative estimate of drug-likeness (QED) is 0.126. The van der Waals surface area contributed by atoms with Crippen LogP contribution >= 0.6 is 0 Å². The second-order valence-corrected chi connectivity index (χ2v) is 22.2. The average molecular weight is 1020 g/mol. The van der Waals surface area contributed by atoms with Crippen LogP contribution in [0, 0.1) is 80.9 Å². The Morgan fingerprint density at radius 1 is 0.231 bits per heavy atom. The van der Waals surface area contributed by atoms with Gasteiger partial charge in [0.2, 0.25) is 0 Å². The Morgan fingerprint density at radius 2 is 0.487 bits per heavy atom. The SMILES string of the molecule is Cc1cc(C)cc(-c2cc(-c3cc(C)cc(C)c3)cc(N(c3ccc(C)cc3F)c3ccc4ccc5c(N(c6cc(-c7cc(C)cc(C)c7)cc(-c7cc(C)cc(C)c7)c6)c6ccc(C)cc6F)ccc6ccc3c4c65)c2)c1. The zero-order valence-corrected chi connectivity index (χ0v) is 46.1. The Morgan fingerprint density at radius 3 is 0.769 bits per heavy atom. The molecule has 0 fully saturated rings. The van der Waals surface area contributed by atoms with Crippen molar-refractivity contribution in [3.8, 4) is 44.5 Å². The molecule has 0 atom stereocenters. The first-order valence-electron chi connectivity index (χ1n) is 27.0. The van der Waals surface area contributed by atoms with Crippen LogP contribution in [0.2, 0.25) is 0 Å². The van der Waals surface area contributed by atoms with E-state index in [1.54, 1.807) is 12.1 Å². The lowest BCUT2D eigenvalue weighted by Crippen LogP contribution is -2.14. The maximum Gasteiger partial charge on any atom is 0.147 e. The minimum absolute atomic E-state index is 0.313. The molecule has 78 heavy (non-hydrogen) atoms. The molecule has 0 N–H and O–H groups in total. The molecule has 0 spiro atoms. The number of anilines is 6. The van der Waals surface area contributed by atoms with Crippen LogP contribution in [0.5, 0.6) is 0 Å². The summed E-state index contributed by atoms with van der Waals surface area (Å²) in [6, 6.07) is 68.5. The maximum atomic E-state index is 17.1. The standard InChI is InChI=1S/C74H62F2N2/c1-43-11-19-71(67(75)35-43)77(63-39-59(55-27-45(3)23-46(4)28-55)37-60(40-63)56-29-47(5)24-48(6)30-56)69-21-15-53-14-18-66-70(22-16-54-13-17-65(69)73(53)74(54)66)78(72-20-12-44(2)36-68(72)76)64-41-61(57-31-49(7)25-50(8)32-57)38-62(42-64)58-33-51(9)26-52(10)34-58/h11-42H,1-10H3. The molecule has 0 unspecified atom stereocenters. The Labute approximate surface area is 457 Å². The van der Waals surface area contributed by atoms with Crippen LogP contribution < -0.4 is 9.80 Å². The molecule has 382 valence electrons. The maximum absolute atomic E-state index is 17.1. The fourth-order valence-corrected chi connectivity index (χ4v) is 12.3. The summed E-state index contributed by atoms with van der Waals surface area (Å²) in [5.41, 5.74) is 23.9. The highest BCUT2D eigenvalue weighted by Crippen LogP contribution is 2.50. The van der Waals surface area contributed by atoms with Gasteiger partial charge in [-0.05, 0) is 219 Å². The van der Waals surface area contributed by atoms with Gasteiger partial charge in [-0.1, -0.05) is 166 Å². The summed E-state index contributed by atoms with van der Waals surface area (Å²) in [6.45, 7) is 21.0. The van der Waals surface area contributed by atoms with Crippen LogP contribution in [0.15, 0.2) is 194 Å². The van der Waals surface area contributed by atoms with Gasteiger partial charge in [-0.25, -0.2) is 8.78 Å². The van der Waals surface area contributed by atoms with Gasteiger partial charge in [-0.3, -0.25) is 0 Å². The fraction of sp³-hybridized carbons (Fsp3) is 0.135.